The Morgan fingerprint density at radius 2 is 2.08 bits per heavy atom. The first-order chi connectivity index (χ1) is 12.8. The zero-order valence-corrected chi connectivity index (χ0v) is 14.4. The van der Waals surface area contributed by atoms with Crippen LogP contribution in [0.3, 0.4) is 0 Å². The molecule has 2 aliphatic rings. The van der Waals surface area contributed by atoms with Crippen LogP contribution in [0.5, 0.6) is 0 Å². The molecular formula is C20H20N4O2. The van der Waals surface area contributed by atoms with E-state index in [0.717, 1.165) is 59.9 Å². The van der Waals surface area contributed by atoms with E-state index in [1.54, 1.807) is 0 Å². The number of nitrogens with zero attached hydrogens (tertiary/aromatic N) is 3. The Balaban J connectivity index is 1.34. The predicted octanol–water partition coefficient (Wildman–Crippen LogP) is 2.86. The van der Waals surface area contributed by atoms with Gasteiger partial charge in [-0.15, -0.1) is 0 Å². The largest absolute Gasteiger partial charge is 0.356 e. The van der Waals surface area contributed by atoms with Crippen LogP contribution in [0.4, 0.5) is 0 Å². The van der Waals surface area contributed by atoms with Crippen LogP contribution < -0.4 is 5.56 Å². The van der Waals surface area contributed by atoms with Gasteiger partial charge in [-0.3, -0.25) is 9.69 Å². The van der Waals surface area contributed by atoms with Gasteiger partial charge in [0.1, 0.15) is 5.82 Å². The summed E-state index contributed by atoms with van der Waals surface area (Å²) in [6, 6.07) is 12.0. The second kappa shape index (κ2) is 6.21. The van der Waals surface area contributed by atoms with Crippen molar-refractivity contribution in [3.05, 3.63) is 69.5 Å². The standard InChI is InChI=1S/C20H20N4O2/c25-20-16-8-9-24(12-17(16)21-19(22-20)14-6-7-14)11-15-10-18(26-23-15)13-4-2-1-3-5-13/h1-5,10,14H,6-9,11-12H2,(H,21,22,25). The van der Waals surface area contributed by atoms with E-state index in [9.17, 15) is 4.79 Å². The zero-order valence-electron chi connectivity index (χ0n) is 14.4. The molecule has 6 nitrogen and oxygen atoms in total. The minimum absolute atomic E-state index is 0.0457. The van der Waals surface area contributed by atoms with E-state index in [2.05, 4.69) is 15.0 Å². The molecule has 3 aromatic rings. The van der Waals surface area contributed by atoms with Gasteiger partial charge in [0.05, 0.1) is 11.4 Å². The molecule has 1 aliphatic carbocycles. The molecule has 0 atom stereocenters. The van der Waals surface area contributed by atoms with E-state index >= 15 is 0 Å². The smallest absolute Gasteiger partial charge is 0.254 e. The van der Waals surface area contributed by atoms with Crippen LogP contribution in [0.2, 0.25) is 0 Å². The first-order valence-corrected chi connectivity index (χ1v) is 9.11. The summed E-state index contributed by atoms with van der Waals surface area (Å²) < 4.78 is 5.49. The van der Waals surface area contributed by atoms with Crippen LogP contribution in [0, 0.1) is 0 Å². The molecule has 1 saturated carbocycles. The lowest BCUT2D eigenvalue weighted by atomic mass is 10.1. The predicted molar refractivity (Wildman–Crippen MR) is 96.6 cm³/mol. The summed E-state index contributed by atoms with van der Waals surface area (Å²) in [5.41, 5.74) is 3.74. The molecule has 0 amide bonds. The number of hydrogen-bond acceptors (Lipinski definition) is 5. The van der Waals surface area contributed by atoms with Crippen LogP contribution in [0.15, 0.2) is 45.7 Å². The maximum atomic E-state index is 12.3. The van der Waals surface area contributed by atoms with Gasteiger partial charge in [-0.2, -0.15) is 0 Å². The molecule has 5 rings (SSSR count). The third-order valence-corrected chi connectivity index (χ3v) is 5.14. The minimum atomic E-state index is 0.0457. The summed E-state index contributed by atoms with van der Waals surface area (Å²) >= 11 is 0. The van der Waals surface area contributed by atoms with E-state index in [1.807, 2.05) is 36.4 Å². The summed E-state index contributed by atoms with van der Waals surface area (Å²) in [5.74, 6) is 2.10. The van der Waals surface area contributed by atoms with Crippen molar-refractivity contribution in [1.82, 2.24) is 20.0 Å². The zero-order chi connectivity index (χ0) is 17.5. The molecule has 1 N–H and O–H groups in total. The van der Waals surface area contributed by atoms with Crippen molar-refractivity contribution in [3.8, 4) is 11.3 Å². The molecule has 0 bridgehead atoms. The fourth-order valence-corrected chi connectivity index (χ4v) is 3.55. The van der Waals surface area contributed by atoms with E-state index in [-0.39, 0.29) is 5.56 Å². The van der Waals surface area contributed by atoms with Gasteiger partial charge in [-0.25, -0.2) is 4.98 Å². The van der Waals surface area contributed by atoms with Crippen molar-refractivity contribution in [1.29, 1.82) is 0 Å². The van der Waals surface area contributed by atoms with Gasteiger partial charge in [-0.1, -0.05) is 35.5 Å². The molecule has 0 radical (unpaired) electrons. The normalized spacial score (nSPS) is 17.2. The van der Waals surface area contributed by atoms with Crippen LogP contribution in [-0.4, -0.2) is 26.6 Å². The number of aromatic nitrogens is 3. The topological polar surface area (TPSA) is 75.0 Å². The molecule has 0 spiro atoms. The van der Waals surface area contributed by atoms with E-state index in [4.69, 9.17) is 9.51 Å². The maximum Gasteiger partial charge on any atom is 0.254 e. The lowest BCUT2D eigenvalue weighted by Gasteiger charge is -2.26. The van der Waals surface area contributed by atoms with Gasteiger partial charge in [0.2, 0.25) is 0 Å². The number of fused-ring (bicyclic) bond motifs is 1. The molecule has 1 aromatic carbocycles. The number of hydrogen-bond donors (Lipinski definition) is 1. The molecule has 6 heteroatoms. The Morgan fingerprint density at radius 3 is 2.88 bits per heavy atom. The van der Waals surface area contributed by atoms with Crippen LogP contribution in [0.1, 0.15) is 41.5 Å². The van der Waals surface area contributed by atoms with Gasteiger partial charge in [0, 0.05) is 42.7 Å². The van der Waals surface area contributed by atoms with Gasteiger partial charge >= 0.3 is 0 Å². The minimum Gasteiger partial charge on any atom is -0.356 e. The quantitative estimate of drug-likeness (QED) is 0.785. The second-order valence-corrected chi connectivity index (χ2v) is 7.16. The van der Waals surface area contributed by atoms with Gasteiger partial charge in [0.15, 0.2) is 5.76 Å². The molecule has 3 heterocycles. The van der Waals surface area contributed by atoms with Crippen LogP contribution in [-0.2, 0) is 19.5 Å². The summed E-state index contributed by atoms with van der Waals surface area (Å²) in [5, 5.41) is 4.21. The van der Waals surface area contributed by atoms with Crippen molar-refractivity contribution in [2.45, 2.75) is 38.3 Å². The molecule has 26 heavy (non-hydrogen) atoms. The molecule has 1 aliphatic heterocycles. The summed E-state index contributed by atoms with van der Waals surface area (Å²) in [4.78, 5) is 22.3. The van der Waals surface area contributed by atoms with Gasteiger partial charge in [-0.05, 0) is 19.3 Å². The van der Waals surface area contributed by atoms with E-state index < -0.39 is 0 Å². The Bertz CT molecular complexity index is 989. The first-order valence-electron chi connectivity index (χ1n) is 9.11. The van der Waals surface area contributed by atoms with E-state index in [0.29, 0.717) is 19.0 Å². The van der Waals surface area contributed by atoms with Crippen molar-refractivity contribution in [2.24, 2.45) is 0 Å². The Hall–Kier alpha value is -2.73. The van der Waals surface area contributed by atoms with Crippen molar-refractivity contribution in [3.63, 3.8) is 0 Å². The van der Waals surface area contributed by atoms with Gasteiger partial charge in [0.25, 0.3) is 5.56 Å². The highest BCUT2D eigenvalue weighted by atomic mass is 16.5. The lowest BCUT2D eigenvalue weighted by molar-refractivity contribution is 0.232. The summed E-state index contributed by atoms with van der Waals surface area (Å²) in [6.07, 6.45) is 2.99. The number of aromatic amines is 1. The van der Waals surface area contributed by atoms with Crippen molar-refractivity contribution in [2.75, 3.05) is 6.54 Å². The number of H-pyrrole nitrogens is 1. The molecule has 0 saturated heterocycles. The highest BCUT2D eigenvalue weighted by molar-refractivity contribution is 5.56. The van der Waals surface area contributed by atoms with Crippen LogP contribution >= 0.6 is 0 Å². The van der Waals surface area contributed by atoms with Crippen molar-refractivity contribution >= 4 is 0 Å². The molecular weight excluding hydrogens is 328 g/mol. The summed E-state index contributed by atoms with van der Waals surface area (Å²) in [7, 11) is 0. The highest BCUT2D eigenvalue weighted by Crippen LogP contribution is 2.37. The third-order valence-electron chi connectivity index (χ3n) is 5.14. The number of benzene rings is 1. The fourth-order valence-electron chi connectivity index (χ4n) is 3.55. The third kappa shape index (κ3) is 2.97. The summed E-state index contributed by atoms with van der Waals surface area (Å²) in [6.45, 7) is 2.21. The Labute approximate surface area is 150 Å². The van der Waals surface area contributed by atoms with Crippen LogP contribution in [0.25, 0.3) is 11.3 Å². The lowest BCUT2D eigenvalue weighted by Crippen LogP contribution is -2.35. The number of nitrogens with one attached hydrogen (secondary N) is 1. The number of rotatable bonds is 4. The molecule has 132 valence electrons. The Kier molecular flexibility index (Phi) is 3.71. The maximum absolute atomic E-state index is 12.3. The molecule has 2 aromatic heterocycles. The van der Waals surface area contributed by atoms with E-state index in [1.165, 1.54) is 0 Å². The monoisotopic (exact) mass is 348 g/mol. The molecule has 1 fully saturated rings. The fraction of sp³-hybridized carbons (Fsp3) is 0.350. The highest BCUT2D eigenvalue weighted by Gasteiger charge is 2.29. The molecule has 0 unspecified atom stereocenters. The Morgan fingerprint density at radius 1 is 1.23 bits per heavy atom. The van der Waals surface area contributed by atoms with Crippen molar-refractivity contribution < 1.29 is 4.52 Å². The second-order valence-electron chi connectivity index (χ2n) is 7.16. The average molecular weight is 348 g/mol. The van der Waals surface area contributed by atoms with Gasteiger partial charge < -0.3 is 9.51 Å². The average Bonchev–Trinajstić information content (AvgIpc) is 3.42. The first kappa shape index (κ1) is 15.5. The SMILES string of the molecule is O=c1[nH]c(C2CC2)nc2c1CCN(Cc1cc(-c3ccccc3)on1)C2.